The number of amides is 2. The van der Waals surface area contributed by atoms with Crippen molar-refractivity contribution in [3.8, 4) is 0 Å². The number of hydrogen-bond donors (Lipinski definition) is 2. The summed E-state index contributed by atoms with van der Waals surface area (Å²) in [4.78, 5) is 27.0. The van der Waals surface area contributed by atoms with Crippen LogP contribution in [0.2, 0.25) is 0 Å². The van der Waals surface area contributed by atoms with Crippen LogP contribution in [0, 0.1) is 5.41 Å². The fraction of sp³-hybridized carbons (Fsp3) is 0.875. The Morgan fingerprint density at radius 3 is 2.45 bits per heavy atom. The van der Waals surface area contributed by atoms with Crippen molar-refractivity contribution in [1.82, 2.24) is 15.5 Å². The lowest BCUT2D eigenvalue weighted by atomic mass is 9.81. The van der Waals surface area contributed by atoms with Gasteiger partial charge >= 0.3 is 0 Å². The summed E-state index contributed by atoms with van der Waals surface area (Å²) >= 11 is 0. The van der Waals surface area contributed by atoms with Crippen LogP contribution in [0.4, 0.5) is 0 Å². The SMILES string of the molecule is CNC(C)CNC(=O)C1(CC(=O)N2CCOCC2)CCCC1. The molecule has 0 aromatic carbocycles. The van der Waals surface area contributed by atoms with E-state index in [0.29, 0.717) is 39.3 Å². The minimum absolute atomic E-state index is 0.0497. The number of carbonyl (C=O) groups is 2. The van der Waals surface area contributed by atoms with Crippen molar-refractivity contribution in [2.45, 2.75) is 45.1 Å². The van der Waals surface area contributed by atoms with Gasteiger partial charge in [0, 0.05) is 32.1 Å². The van der Waals surface area contributed by atoms with E-state index in [1.165, 1.54) is 0 Å². The molecule has 2 fully saturated rings. The molecule has 6 heteroatoms. The van der Waals surface area contributed by atoms with Gasteiger partial charge in [0.1, 0.15) is 0 Å². The molecule has 1 saturated heterocycles. The number of morpholine rings is 1. The van der Waals surface area contributed by atoms with Crippen LogP contribution in [-0.4, -0.2) is 62.7 Å². The summed E-state index contributed by atoms with van der Waals surface area (Å²) in [5, 5.41) is 6.14. The second kappa shape index (κ2) is 7.92. The van der Waals surface area contributed by atoms with E-state index < -0.39 is 5.41 Å². The minimum atomic E-state index is -0.497. The first-order chi connectivity index (χ1) is 10.6. The lowest BCUT2D eigenvalue weighted by Crippen LogP contribution is -2.48. The minimum Gasteiger partial charge on any atom is -0.378 e. The van der Waals surface area contributed by atoms with Gasteiger partial charge in [-0.15, -0.1) is 0 Å². The summed E-state index contributed by atoms with van der Waals surface area (Å²) in [5.41, 5.74) is -0.497. The summed E-state index contributed by atoms with van der Waals surface area (Å²) in [6.07, 6.45) is 4.05. The molecule has 1 saturated carbocycles. The third-order valence-corrected chi connectivity index (χ3v) is 4.96. The normalized spacial score (nSPS) is 22.4. The maximum atomic E-state index is 12.7. The highest BCUT2D eigenvalue weighted by molar-refractivity contribution is 5.89. The van der Waals surface area contributed by atoms with Gasteiger partial charge in [-0.05, 0) is 26.8 Å². The average molecular weight is 311 g/mol. The van der Waals surface area contributed by atoms with Crippen molar-refractivity contribution in [3.63, 3.8) is 0 Å². The average Bonchev–Trinajstić information content (AvgIpc) is 3.02. The topological polar surface area (TPSA) is 70.7 Å². The van der Waals surface area contributed by atoms with Crippen LogP contribution in [0.5, 0.6) is 0 Å². The molecule has 2 N–H and O–H groups in total. The zero-order chi connectivity index (χ0) is 16.0. The van der Waals surface area contributed by atoms with Crippen LogP contribution < -0.4 is 10.6 Å². The summed E-state index contributed by atoms with van der Waals surface area (Å²) in [7, 11) is 1.88. The maximum Gasteiger partial charge on any atom is 0.226 e. The van der Waals surface area contributed by atoms with Crippen molar-refractivity contribution >= 4 is 11.8 Å². The molecular weight excluding hydrogens is 282 g/mol. The van der Waals surface area contributed by atoms with Gasteiger partial charge in [-0.3, -0.25) is 9.59 Å². The Morgan fingerprint density at radius 2 is 1.86 bits per heavy atom. The molecule has 0 bridgehead atoms. The van der Waals surface area contributed by atoms with Crippen LogP contribution in [0.1, 0.15) is 39.0 Å². The molecule has 1 unspecified atom stereocenters. The molecule has 1 aliphatic heterocycles. The smallest absolute Gasteiger partial charge is 0.226 e. The Morgan fingerprint density at radius 1 is 1.23 bits per heavy atom. The number of likely N-dealkylation sites (N-methyl/N-ethyl adjacent to an activating group) is 1. The Kier molecular flexibility index (Phi) is 6.20. The fourth-order valence-corrected chi connectivity index (χ4v) is 3.29. The van der Waals surface area contributed by atoms with Crippen molar-refractivity contribution < 1.29 is 14.3 Å². The molecule has 126 valence electrons. The van der Waals surface area contributed by atoms with E-state index in [2.05, 4.69) is 10.6 Å². The van der Waals surface area contributed by atoms with E-state index in [1.807, 2.05) is 18.9 Å². The largest absolute Gasteiger partial charge is 0.378 e. The first-order valence-corrected chi connectivity index (χ1v) is 8.38. The van der Waals surface area contributed by atoms with E-state index in [9.17, 15) is 9.59 Å². The predicted molar refractivity (Wildman–Crippen MR) is 84.4 cm³/mol. The highest BCUT2D eigenvalue weighted by atomic mass is 16.5. The zero-order valence-electron chi connectivity index (χ0n) is 13.8. The Hall–Kier alpha value is -1.14. The number of nitrogens with zero attached hydrogens (tertiary/aromatic N) is 1. The highest BCUT2D eigenvalue weighted by Gasteiger charge is 2.43. The van der Waals surface area contributed by atoms with Crippen molar-refractivity contribution in [2.24, 2.45) is 5.41 Å². The standard InChI is InChI=1S/C16H29N3O3/c1-13(17-2)12-18-15(21)16(5-3-4-6-16)11-14(20)19-7-9-22-10-8-19/h13,17H,3-12H2,1-2H3,(H,18,21). The van der Waals surface area contributed by atoms with Gasteiger partial charge in [0.2, 0.25) is 11.8 Å². The third-order valence-electron chi connectivity index (χ3n) is 4.96. The molecule has 1 atom stereocenters. The van der Waals surface area contributed by atoms with Crippen LogP contribution in [0.15, 0.2) is 0 Å². The van der Waals surface area contributed by atoms with Crippen LogP contribution >= 0.6 is 0 Å². The molecule has 2 rings (SSSR count). The maximum absolute atomic E-state index is 12.7. The van der Waals surface area contributed by atoms with E-state index in [4.69, 9.17) is 4.74 Å². The molecule has 0 spiro atoms. The van der Waals surface area contributed by atoms with E-state index in [0.717, 1.165) is 25.7 Å². The summed E-state index contributed by atoms with van der Waals surface area (Å²) in [6.45, 7) is 5.12. The number of nitrogens with one attached hydrogen (secondary N) is 2. The lowest BCUT2D eigenvalue weighted by molar-refractivity contribution is -0.143. The number of rotatable bonds is 6. The Labute approximate surface area is 132 Å². The van der Waals surface area contributed by atoms with E-state index in [1.54, 1.807) is 0 Å². The third kappa shape index (κ3) is 4.20. The molecule has 2 amide bonds. The summed E-state index contributed by atoms with van der Waals surface area (Å²) in [6, 6.07) is 0.234. The van der Waals surface area contributed by atoms with Gasteiger partial charge in [0.15, 0.2) is 0 Å². The van der Waals surface area contributed by atoms with Gasteiger partial charge in [-0.25, -0.2) is 0 Å². The van der Waals surface area contributed by atoms with E-state index >= 15 is 0 Å². The second-order valence-electron chi connectivity index (χ2n) is 6.56. The lowest BCUT2D eigenvalue weighted by Gasteiger charge is -2.32. The van der Waals surface area contributed by atoms with Gasteiger partial charge in [-0.1, -0.05) is 12.8 Å². The fourth-order valence-electron chi connectivity index (χ4n) is 3.29. The molecule has 0 aromatic heterocycles. The summed E-state index contributed by atoms with van der Waals surface area (Å²) in [5.74, 6) is 0.149. The zero-order valence-corrected chi connectivity index (χ0v) is 13.8. The van der Waals surface area contributed by atoms with Crippen molar-refractivity contribution in [2.75, 3.05) is 39.9 Å². The molecule has 22 heavy (non-hydrogen) atoms. The first kappa shape index (κ1) is 17.2. The predicted octanol–water partition coefficient (Wildman–Crippen LogP) is 0.520. The van der Waals surface area contributed by atoms with Crippen molar-refractivity contribution in [1.29, 1.82) is 0 Å². The van der Waals surface area contributed by atoms with Gasteiger partial charge in [0.05, 0.1) is 18.6 Å². The molecular formula is C16H29N3O3. The van der Waals surface area contributed by atoms with Gasteiger partial charge < -0.3 is 20.3 Å². The Balaban J connectivity index is 1.95. The van der Waals surface area contributed by atoms with Crippen molar-refractivity contribution in [3.05, 3.63) is 0 Å². The summed E-state index contributed by atoms with van der Waals surface area (Å²) < 4.78 is 5.29. The molecule has 6 nitrogen and oxygen atoms in total. The number of hydrogen-bond acceptors (Lipinski definition) is 4. The molecule has 1 aliphatic carbocycles. The quantitative estimate of drug-likeness (QED) is 0.750. The van der Waals surface area contributed by atoms with E-state index in [-0.39, 0.29) is 17.9 Å². The molecule has 2 aliphatic rings. The Bertz CT molecular complexity index is 388. The number of ether oxygens (including phenoxy) is 1. The van der Waals surface area contributed by atoms with Gasteiger partial charge in [-0.2, -0.15) is 0 Å². The van der Waals surface area contributed by atoms with Crippen LogP contribution in [0.25, 0.3) is 0 Å². The molecule has 0 aromatic rings. The molecule has 0 radical (unpaired) electrons. The monoisotopic (exact) mass is 311 g/mol. The first-order valence-electron chi connectivity index (χ1n) is 8.38. The van der Waals surface area contributed by atoms with Gasteiger partial charge in [0.25, 0.3) is 0 Å². The highest BCUT2D eigenvalue weighted by Crippen LogP contribution is 2.41. The molecule has 1 heterocycles. The van der Waals surface area contributed by atoms with Crippen LogP contribution in [0.3, 0.4) is 0 Å². The number of carbonyl (C=O) groups excluding carboxylic acids is 2. The second-order valence-corrected chi connectivity index (χ2v) is 6.56. The van der Waals surface area contributed by atoms with Crippen LogP contribution in [-0.2, 0) is 14.3 Å².